The van der Waals surface area contributed by atoms with Crippen molar-refractivity contribution in [1.29, 1.82) is 0 Å². The van der Waals surface area contributed by atoms with Gasteiger partial charge in [-0.1, -0.05) is 12.1 Å². The van der Waals surface area contributed by atoms with Crippen LogP contribution in [0, 0.1) is 0 Å². The summed E-state index contributed by atoms with van der Waals surface area (Å²) >= 11 is 0.306. The van der Waals surface area contributed by atoms with Gasteiger partial charge in [-0.2, -0.15) is 8.78 Å². The quantitative estimate of drug-likeness (QED) is 0.798. The van der Waals surface area contributed by atoms with Crippen LogP contribution in [0.15, 0.2) is 29.4 Å². The van der Waals surface area contributed by atoms with Crippen LogP contribution >= 0.6 is 11.8 Å². The van der Waals surface area contributed by atoms with E-state index in [1.54, 1.807) is 31.2 Å². The average molecular weight is 315 g/mol. The van der Waals surface area contributed by atoms with E-state index < -0.39 is 11.9 Å². The number of benzene rings is 1. The summed E-state index contributed by atoms with van der Waals surface area (Å²) in [6, 6.07) is 6.93. The van der Waals surface area contributed by atoms with Crippen LogP contribution in [0.25, 0.3) is 11.0 Å². The highest BCUT2D eigenvalue weighted by molar-refractivity contribution is 7.99. The molecule has 2 rings (SSSR count). The van der Waals surface area contributed by atoms with Gasteiger partial charge in [0.1, 0.15) is 6.54 Å². The van der Waals surface area contributed by atoms with Crippen molar-refractivity contribution >= 4 is 28.7 Å². The molecule has 0 saturated heterocycles. The summed E-state index contributed by atoms with van der Waals surface area (Å²) in [6.45, 7) is 1.54. The number of carbonyl (C=O) groups excluding carboxylic acids is 1. The normalized spacial score (nSPS) is 12.8. The van der Waals surface area contributed by atoms with Crippen LogP contribution in [0.3, 0.4) is 0 Å². The highest BCUT2D eigenvalue weighted by atomic mass is 32.2. The van der Waals surface area contributed by atoms with E-state index in [2.05, 4.69) is 10.3 Å². The molecule has 0 unspecified atom stereocenters. The van der Waals surface area contributed by atoms with Gasteiger partial charge in [0.2, 0.25) is 5.91 Å². The molecule has 0 saturated carbocycles. The van der Waals surface area contributed by atoms with Crippen LogP contribution in [-0.2, 0) is 11.3 Å². The minimum atomic E-state index is -2.61. The van der Waals surface area contributed by atoms with Crippen LogP contribution in [0.5, 0.6) is 0 Å². The SMILES string of the molecule is C[C@H](O)CNC(=O)Cn1c(SC(F)F)nc2ccccc21. The average Bonchev–Trinajstić information content (AvgIpc) is 2.74. The lowest BCUT2D eigenvalue weighted by atomic mass is 10.3. The second kappa shape index (κ2) is 6.86. The van der Waals surface area contributed by atoms with Gasteiger partial charge >= 0.3 is 0 Å². The molecule has 1 aromatic carbocycles. The van der Waals surface area contributed by atoms with Crippen LogP contribution in [0.1, 0.15) is 6.92 Å². The number of aliphatic hydroxyl groups is 1. The number of halogens is 2. The zero-order valence-corrected chi connectivity index (χ0v) is 12.1. The zero-order valence-electron chi connectivity index (χ0n) is 11.3. The molecule has 0 bridgehead atoms. The molecule has 0 radical (unpaired) electrons. The molecule has 1 amide bonds. The molecule has 0 aliphatic carbocycles. The molecule has 0 fully saturated rings. The second-order valence-electron chi connectivity index (χ2n) is 4.50. The Labute approximate surface area is 124 Å². The summed E-state index contributed by atoms with van der Waals surface area (Å²) in [7, 11) is 0. The molecule has 21 heavy (non-hydrogen) atoms. The number of thioether (sulfide) groups is 1. The first-order valence-corrected chi connectivity index (χ1v) is 7.20. The number of imidazole rings is 1. The lowest BCUT2D eigenvalue weighted by Gasteiger charge is -2.10. The number of nitrogens with one attached hydrogen (secondary N) is 1. The predicted octanol–water partition coefficient (Wildman–Crippen LogP) is 1.85. The van der Waals surface area contributed by atoms with Crippen LogP contribution in [-0.4, -0.2) is 39.0 Å². The van der Waals surface area contributed by atoms with Gasteiger partial charge in [-0.25, -0.2) is 4.98 Å². The first-order chi connectivity index (χ1) is 9.97. The van der Waals surface area contributed by atoms with Gasteiger partial charge in [0.15, 0.2) is 5.16 Å². The van der Waals surface area contributed by atoms with Gasteiger partial charge < -0.3 is 15.0 Å². The molecule has 8 heteroatoms. The van der Waals surface area contributed by atoms with Crippen LogP contribution in [0.4, 0.5) is 8.78 Å². The van der Waals surface area contributed by atoms with Crippen molar-refractivity contribution in [3.05, 3.63) is 24.3 Å². The topological polar surface area (TPSA) is 67.2 Å². The molecule has 0 aliphatic rings. The van der Waals surface area contributed by atoms with Crippen molar-refractivity contribution in [2.75, 3.05) is 6.54 Å². The van der Waals surface area contributed by atoms with Gasteiger partial charge in [-0.3, -0.25) is 4.79 Å². The van der Waals surface area contributed by atoms with Crippen LogP contribution < -0.4 is 5.32 Å². The molecular formula is C13H15F2N3O2S. The van der Waals surface area contributed by atoms with Gasteiger partial charge in [0.25, 0.3) is 5.76 Å². The Balaban J connectivity index is 2.25. The molecule has 1 atom stereocenters. The number of rotatable bonds is 6. The largest absolute Gasteiger partial charge is 0.392 e. The fraction of sp³-hybridized carbons (Fsp3) is 0.385. The number of amides is 1. The molecule has 1 aromatic heterocycles. The van der Waals surface area contributed by atoms with Gasteiger partial charge in [0, 0.05) is 6.54 Å². The minimum Gasteiger partial charge on any atom is -0.392 e. The number of fused-ring (bicyclic) bond motifs is 1. The fourth-order valence-electron chi connectivity index (χ4n) is 1.84. The van der Waals surface area contributed by atoms with E-state index in [-0.39, 0.29) is 24.2 Å². The van der Waals surface area contributed by atoms with E-state index >= 15 is 0 Å². The molecule has 114 valence electrons. The van der Waals surface area contributed by atoms with E-state index in [4.69, 9.17) is 5.11 Å². The summed E-state index contributed by atoms with van der Waals surface area (Å²) in [4.78, 5) is 15.9. The van der Waals surface area contributed by atoms with Crippen molar-refractivity contribution in [3.8, 4) is 0 Å². The Hall–Kier alpha value is -1.67. The van der Waals surface area contributed by atoms with Crippen molar-refractivity contribution in [1.82, 2.24) is 14.9 Å². The third-order valence-corrected chi connectivity index (χ3v) is 3.41. The van der Waals surface area contributed by atoms with Crippen molar-refractivity contribution < 1.29 is 18.7 Å². The number of aliphatic hydroxyl groups excluding tert-OH is 1. The zero-order chi connectivity index (χ0) is 15.4. The maximum Gasteiger partial charge on any atom is 0.291 e. The third kappa shape index (κ3) is 4.15. The Morgan fingerprint density at radius 3 is 2.86 bits per heavy atom. The second-order valence-corrected chi connectivity index (χ2v) is 5.46. The van der Waals surface area contributed by atoms with Crippen LogP contribution in [0.2, 0.25) is 0 Å². The van der Waals surface area contributed by atoms with Gasteiger partial charge in [0.05, 0.1) is 17.1 Å². The smallest absolute Gasteiger partial charge is 0.291 e. The van der Waals surface area contributed by atoms with E-state index in [0.29, 0.717) is 22.8 Å². The minimum absolute atomic E-state index is 0.0957. The summed E-state index contributed by atoms with van der Waals surface area (Å²) < 4.78 is 26.6. The maximum absolute atomic E-state index is 12.6. The predicted molar refractivity (Wildman–Crippen MR) is 76.3 cm³/mol. The van der Waals surface area contributed by atoms with Crippen molar-refractivity contribution in [2.24, 2.45) is 0 Å². The molecule has 2 aromatic rings. The summed E-state index contributed by atoms with van der Waals surface area (Å²) in [5.41, 5.74) is 1.18. The van der Waals surface area contributed by atoms with Gasteiger partial charge in [-0.05, 0) is 30.8 Å². The van der Waals surface area contributed by atoms with E-state index in [1.807, 2.05) is 0 Å². The Morgan fingerprint density at radius 2 is 2.19 bits per heavy atom. The monoisotopic (exact) mass is 315 g/mol. The maximum atomic E-state index is 12.6. The number of aromatic nitrogens is 2. The molecular weight excluding hydrogens is 300 g/mol. The fourth-order valence-corrected chi connectivity index (χ4v) is 2.44. The highest BCUT2D eigenvalue weighted by Crippen LogP contribution is 2.28. The van der Waals surface area contributed by atoms with E-state index in [9.17, 15) is 13.6 Å². The Kier molecular flexibility index (Phi) is 5.13. The number of alkyl halides is 2. The number of hydrogen-bond donors (Lipinski definition) is 2. The van der Waals surface area contributed by atoms with E-state index in [0.717, 1.165) is 0 Å². The summed E-state index contributed by atoms with van der Waals surface area (Å²) in [6.07, 6.45) is -0.664. The standard InChI is InChI=1S/C13H15F2N3O2S/c1-8(19)6-16-11(20)7-18-10-5-3-2-4-9(10)17-13(18)21-12(14)15/h2-5,8,12,19H,6-7H2,1H3,(H,16,20)/t8-/m0/s1. The molecule has 5 nitrogen and oxygen atoms in total. The number of hydrogen-bond acceptors (Lipinski definition) is 4. The molecule has 0 aliphatic heterocycles. The third-order valence-electron chi connectivity index (χ3n) is 2.71. The number of carbonyl (C=O) groups is 1. The van der Waals surface area contributed by atoms with Gasteiger partial charge in [-0.15, -0.1) is 0 Å². The Morgan fingerprint density at radius 1 is 1.48 bits per heavy atom. The first kappa shape index (κ1) is 15.7. The first-order valence-electron chi connectivity index (χ1n) is 6.32. The van der Waals surface area contributed by atoms with Crippen molar-refractivity contribution in [2.45, 2.75) is 30.5 Å². The number of nitrogens with zero attached hydrogens (tertiary/aromatic N) is 2. The van der Waals surface area contributed by atoms with Crippen molar-refractivity contribution in [3.63, 3.8) is 0 Å². The molecule has 2 N–H and O–H groups in total. The molecule has 1 heterocycles. The number of para-hydroxylation sites is 2. The van der Waals surface area contributed by atoms with E-state index in [1.165, 1.54) is 4.57 Å². The lowest BCUT2D eigenvalue weighted by Crippen LogP contribution is -2.33. The Bertz CT molecular complexity index is 631. The summed E-state index contributed by atoms with van der Waals surface area (Å²) in [5, 5.41) is 11.8. The molecule has 0 spiro atoms. The summed E-state index contributed by atoms with van der Waals surface area (Å²) in [5.74, 6) is -2.98. The lowest BCUT2D eigenvalue weighted by molar-refractivity contribution is -0.122. The highest BCUT2D eigenvalue weighted by Gasteiger charge is 2.17.